The van der Waals surface area contributed by atoms with Gasteiger partial charge in [0.05, 0.1) is 19.3 Å². The number of piperidine rings is 1. The molecule has 1 fully saturated rings. The Kier molecular flexibility index (Phi) is 5.44. The number of nitrogens with zero attached hydrogens (tertiary/aromatic N) is 1. The maximum Gasteiger partial charge on any atom is 0.238 e. The van der Waals surface area contributed by atoms with Gasteiger partial charge >= 0.3 is 0 Å². The highest BCUT2D eigenvalue weighted by atomic mass is 16.5. The van der Waals surface area contributed by atoms with Crippen molar-refractivity contribution >= 4 is 17.3 Å². The second-order valence-corrected chi connectivity index (χ2v) is 5.66. The lowest BCUT2D eigenvalue weighted by atomic mass is 9.96. The highest BCUT2D eigenvalue weighted by molar-refractivity contribution is 5.94. The Hall–Kier alpha value is -1.75. The van der Waals surface area contributed by atoms with Crippen LogP contribution in [0.1, 0.15) is 26.2 Å². The number of methoxy groups -OCH3 is 1. The summed E-state index contributed by atoms with van der Waals surface area (Å²) >= 11 is 0. The second-order valence-electron chi connectivity index (χ2n) is 5.66. The second kappa shape index (κ2) is 7.31. The van der Waals surface area contributed by atoms with E-state index in [4.69, 9.17) is 10.5 Å². The summed E-state index contributed by atoms with van der Waals surface area (Å²) in [4.78, 5) is 14.4. The zero-order valence-corrected chi connectivity index (χ0v) is 12.9. The van der Waals surface area contributed by atoms with Crippen LogP contribution in [0.3, 0.4) is 0 Å². The smallest absolute Gasteiger partial charge is 0.238 e. The third-order valence-electron chi connectivity index (χ3n) is 4.05. The molecule has 1 atom stereocenters. The van der Waals surface area contributed by atoms with Crippen molar-refractivity contribution in [2.45, 2.75) is 26.2 Å². The molecule has 0 radical (unpaired) electrons. The Morgan fingerprint density at radius 2 is 2.33 bits per heavy atom. The van der Waals surface area contributed by atoms with Crippen LogP contribution < -0.4 is 15.8 Å². The third-order valence-corrected chi connectivity index (χ3v) is 4.05. The first-order valence-corrected chi connectivity index (χ1v) is 7.58. The highest BCUT2D eigenvalue weighted by Gasteiger charge is 2.20. The molecular weight excluding hydrogens is 266 g/mol. The van der Waals surface area contributed by atoms with E-state index < -0.39 is 0 Å². The first kappa shape index (κ1) is 15.6. The van der Waals surface area contributed by atoms with Gasteiger partial charge in [-0.15, -0.1) is 0 Å². The molecule has 0 saturated carbocycles. The average Bonchev–Trinajstić information content (AvgIpc) is 2.49. The lowest BCUT2D eigenvalue weighted by molar-refractivity contribution is -0.117. The molecule has 5 heteroatoms. The lowest BCUT2D eigenvalue weighted by Crippen LogP contribution is -2.40. The van der Waals surface area contributed by atoms with Crippen LogP contribution in [0.5, 0.6) is 5.75 Å². The lowest BCUT2D eigenvalue weighted by Gasteiger charge is -2.31. The Labute approximate surface area is 126 Å². The standard InChI is InChI=1S/C16H25N3O2/c1-3-12-5-4-8-19(10-12)11-16(20)18-14-7-6-13(17)9-15(14)21-2/h6-7,9,12H,3-5,8,10-11,17H2,1-2H3,(H,18,20). The fraction of sp³-hybridized carbons (Fsp3) is 0.562. The van der Waals surface area contributed by atoms with Crippen molar-refractivity contribution in [2.24, 2.45) is 5.92 Å². The number of rotatable bonds is 5. The molecular formula is C16H25N3O2. The van der Waals surface area contributed by atoms with Crippen molar-refractivity contribution in [3.8, 4) is 5.75 Å². The van der Waals surface area contributed by atoms with Crippen molar-refractivity contribution in [3.05, 3.63) is 18.2 Å². The van der Waals surface area contributed by atoms with Gasteiger partial charge in [-0.2, -0.15) is 0 Å². The number of ether oxygens (including phenoxy) is 1. The number of nitrogen functional groups attached to an aromatic ring is 1. The molecule has 2 rings (SSSR count). The van der Waals surface area contributed by atoms with Crippen LogP contribution in [0.15, 0.2) is 18.2 Å². The summed E-state index contributed by atoms with van der Waals surface area (Å²) in [5.41, 5.74) is 7.00. The molecule has 1 heterocycles. The van der Waals surface area contributed by atoms with Gasteiger partial charge in [-0.1, -0.05) is 13.3 Å². The Morgan fingerprint density at radius 3 is 3.05 bits per heavy atom. The van der Waals surface area contributed by atoms with E-state index in [2.05, 4.69) is 17.1 Å². The highest BCUT2D eigenvalue weighted by Crippen LogP contribution is 2.26. The molecule has 1 amide bonds. The molecule has 0 spiro atoms. The molecule has 116 valence electrons. The number of anilines is 2. The molecule has 1 unspecified atom stereocenters. The van der Waals surface area contributed by atoms with Crippen LogP contribution in [-0.2, 0) is 4.79 Å². The summed E-state index contributed by atoms with van der Waals surface area (Å²) in [7, 11) is 1.57. The van der Waals surface area contributed by atoms with Gasteiger partial charge in [-0.25, -0.2) is 0 Å². The minimum absolute atomic E-state index is 0.00479. The molecule has 1 aliphatic heterocycles. The normalized spacial score (nSPS) is 19.2. The van der Waals surface area contributed by atoms with Crippen LogP contribution in [-0.4, -0.2) is 37.6 Å². The zero-order chi connectivity index (χ0) is 15.2. The number of nitrogens with two attached hydrogens (primary N) is 1. The summed E-state index contributed by atoms with van der Waals surface area (Å²) in [6.45, 7) is 4.67. The molecule has 1 aromatic rings. The van der Waals surface area contributed by atoms with Crippen molar-refractivity contribution in [1.29, 1.82) is 0 Å². The minimum atomic E-state index is -0.00479. The van der Waals surface area contributed by atoms with Gasteiger partial charge < -0.3 is 15.8 Å². The fourth-order valence-electron chi connectivity index (χ4n) is 2.83. The third kappa shape index (κ3) is 4.36. The number of nitrogens with one attached hydrogen (secondary N) is 1. The number of hydrogen-bond donors (Lipinski definition) is 2. The van der Waals surface area contributed by atoms with Gasteiger partial charge in [0.1, 0.15) is 5.75 Å². The van der Waals surface area contributed by atoms with E-state index in [-0.39, 0.29) is 5.91 Å². The average molecular weight is 291 g/mol. The first-order valence-electron chi connectivity index (χ1n) is 7.58. The van der Waals surface area contributed by atoms with Gasteiger partial charge in [0.15, 0.2) is 0 Å². The molecule has 0 aliphatic carbocycles. The zero-order valence-electron chi connectivity index (χ0n) is 12.9. The van der Waals surface area contributed by atoms with E-state index in [1.165, 1.54) is 19.3 Å². The van der Waals surface area contributed by atoms with Gasteiger partial charge in [-0.05, 0) is 37.4 Å². The number of likely N-dealkylation sites (tertiary alicyclic amines) is 1. The SMILES string of the molecule is CCC1CCCN(CC(=O)Nc2ccc(N)cc2OC)C1. The van der Waals surface area contributed by atoms with E-state index in [0.717, 1.165) is 19.0 Å². The van der Waals surface area contributed by atoms with E-state index in [0.29, 0.717) is 23.7 Å². The molecule has 21 heavy (non-hydrogen) atoms. The summed E-state index contributed by atoms with van der Waals surface area (Å²) in [5, 5.41) is 2.91. The number of amides is 1. The van der Waals surface area contributed by atoms with Crippen LogP contribution >= 0.6 is 0 Å². The van der Waals surface area contributed by atoms with Crippen LogP contribution in [0.25, 0.3) is 0 Å². The van der Waals surface area contributed by atoms with Crippen molar-refractivity contribution in [1.82, 2.24) is 4.90 Å². The summed E-state index contributed by atoms with van der Waals surface area (Å²) in [6, 6.07) is 5.24. The van der Waals surface area contributed by atoms with Crippen LogP contribution in [0, 0.1) is 5.92 Å². The Morgan fingerprint density at radius 1 is 1.52 bits per heavy atom. The minimum Gasteiger partial charge on any atom is -0.494 e. The molecule has 1 aliphatic rings. The van der Waals surface area contributed by atoms with E-state index in [1.807, 2.05) is 0 Å². The van der Waals surface area contributed by atoms with Crippen molar-refractivity contribution in [3.63, 3.8) is 0 Å². The maximum atomic E-state index is 12.2. The predicted octanol–water partition coefficient (Wildman–Crippen LogP) is 2.34. The number of carbonyl (C=O) groups excluding carboxylic acids is 1. The first-order chi connectivity index (χ1) is 10.1. The maximum absolute atomic E-state index is 12.2. The molecule has 5 nitrogen and oxygen atoms in total. The predicted molar refractivity (Wildman–Crippen MR) is 85.5 cm³/mol. The van der Waals surface area contributed by atoms with Crippen molar-refractivity contribution in [2.75, 3.05) is 37.8 Å². The molecule has 3 N–H and O–H groups in total. The van der Waals surface area contributed by atoms with Gasteiger partial charge in [-0.3, -0.25) is 9.69 Å². The fourth-order valence-corrected chi connectivity index (χ4v) is 2.83. The summed E-state index contributed by atoms with van der Waals surface area (Å²) in [6.07, 6.45) is 3.64. The number of carbonyl (C=O) groups is 1. The monoisotopic (exact) mass is 291 g/mol. The van der Waals surface area contributed by atoms with Gasteiger partial charge in [0.2, 0.25) is 5.91 Å². The van der Waals surface area contributed by atoms with Crippen molar-refractivity contribution < 1.29 is 9.53 Å². The Balaban J connectivity index is 1.92. The molecule has 0 aromatic heterocycles. The van der Waals surface area contributed by atoms with E-state index in [1.54, 1.807) is 25.3 Å². The van der Waals surface area contributed by atoms with Gasteiger partial charge in [0, 0.05) is 18.3 Å². The molecule has 1 aromatic carbocycles. The largest absolute Gasteiger partial charge is 0.494 e. The van der Waals surface area contributed by atoms with E-state index in [9.17, 15) is 4.79 Å². The van der Waals surface area contributed by atoms with Gasteiger partial charge in [0.25, 0.3) is 0 Å². The summed E-state index contributed by atoms with van der Waals surface area (Å²) < 4.78 is 5.24. The molecule has 1 saturated heterocycles. The van der Waals surface area contributed by atoms with E-state index >= 15 is 0 Å². The quantitative estimate of drug-likeness (QED) is 0.817. The Bertz CT molecular complexity index is 490. The number of hydrogen-bond acceptors (Lipinski definition) is 4. The molecule has 0 bridgehead atoms. The van der Waals surface area contributed by atoms with Crippen LogP contribution in [0.4, 0.5) is 11.4 Å². The topological polar surface area (TPSA) is 67.6 Å². The number of benzene rings is 1. The summed E-state index contributed by atoms with van der Waals surface area (Å²) in [5.74, 6) is 1.31. The van der Waals surface area contributed by atoms with Crippen LogP contribution in [0.2, 0.25) is 0 Å².